The molecule has 6 heteroatoms. The van der Waals surface area contributed by atoms with Gasteiger partial charge in [-0.1, -0.05) is 26.0 Å². The summed E-state index contributed by atoms with van der Waals surface area (Å²) >= 11 is 0. The summed E-state index contributed by atoms with van der Waals surface area (Å²) < 4.78 is 2.30. The summed E-state index contributed by atoms with van der Waals surface area (Å²) in [6, 6.07) is 8.36. The van der Waals surface area contributed by atoms with Crippen molar-refractivity contribution in [1.82, 2.24) is 24.7 Å². The zero-order valence-corrected chi connectivity index (χ0v) is 14.3. The first-order valence-electron chi connectivity index (χ1n) is 8.49. The summed E-state index contributed by atoms with van der Waals surface area (Å²) in [7, 11) is 0. The van der Waals surface area contributed by atoms with E-state index in [-0.39, 0.29) is 0 Å². The Bertz CT molecular complexity index is 869. The predicted octanol–water partition coefficient (Wildman–Crippen LogP) is 3.14. The van der Waals surface area contributed by atoms with E-state index >= 15 is 0 Å². The van der Waals surface area contributed by atoms with E-state index in [2.05, 4.69) is 38.5 Å². The van der Waals surface area contributed by atoms with Crippen molar-refractivity contribution < 1.29 is 0 Å². The average molecular weight is 322 g/mol. The molecule has 1 atom stereocenters. The first kappa shape index (κ1) is 15.1. The van der Waals surface area contributed by atoms with Gasteiger partial charge in [-0.2, -0.15) is 0 Å². The molecular weight excluding hydrogens is 300 g/mol. The molecule has 0 saturated carbocycles. The molecule has 0 amide bonds. The molecule has 3 aromatic rings. The minimum Gasteiger partial charge on any atom is -0.346 e. The third kappa shape index (κ3) is 2.62. The number of aryl methyl sites for hydroxylation is 1. The van der Waals surface area contributed by atoms with Crippen LogP contribution in [0.2, 0.25) is 0 Å². The van der Waals surface area contributed by atoms with Gasteiger partial charge in [0.2, 0.25) is 0 Å². The van der Waals surface area contributed by atoms with Gasteiger partial charge in [0.05, 0.1) is 29.8 Å². The van der Waals surface area contributed by atoms with Gasteiger partial charge in [0.15, 0.2) is 5.82 Å². The summed E-state index contributed by atoms with van der Waals surface area (Å²) in [5.41, 5.74) is 1.86. The molecule has 4 rings (SSSR count). The summed E-state index contributed by atoms with van der Waals surface area (Å²) in [6.07, 6.45) is 2.97. The van der Waals surface area contributed by atoms with E-state index in [1.165, 1.54) is 0 Å². The molecular formula is C18H22N6. The van der Waals surface area contributed by atoms with Crippen LogP contribution in [-0.4, -0.2) is 31.3 Å². The number of benzene rings is 1. The molecule has 0 N–H and O–H groups in total. The fraction of sp³-hybridized carbons (Fsp3) is 0.444. The number of aromatic nitrogens is 5. The summed E-state index contributed by atoms with van der Waals surface area (Å²) in [4.78, 5) is 11.6. The molecule has 0 saturated heterocycles. The Morgan fingerprint density at radius 2 is 1.96 bits per heavy atom. The van der Waals surface area contributed by atoms with Crippen molar-refractivity contribution in [2.24, 2.45) is 5.92 Å². The minimum absolute atomic E-state index is 0.372. The highest BCUT2D eigenvalue weighted by Gasteiger charge is 2.29. The molecule has 0 bridgehead atoms. The van der Waals surface area contributed by atoms with Crippen LogP contribution in [0.25, 0.3) is 11.0 Å². The molecule has 0 aliphatic carbocycles. The number of hydrogen-bond donors (Lipinski definition) is 0. The lowest BCUT2D eigenvalue weighted by Gasteiger charge is -2.35. The van der Waals surface area contributed by atoms with Gasteiger partial charge < -0.3 is 9.47 Å². The van der Waals surface area contributed by atoms with Gasteiger partial charge in [0.1, 0.15) is 11.6 Å². The summed E-state index contributed by atoms with van der Waals surface area (Å²) in [5, 5.41) is 8.66. The monoisotopic (exact) mass is 322 g/mol. The Balaban J connectivity index is 1.70. The first-order chi connectivity index (χ1) is 11.6. The number of hydrogen-bond acceptors (Lipinski definition) is 5. The topological polar surface area (TPSA) is 59.7 Å². The number of nitrogens with zero attached hydrogens (tertiary/aromatic N) is 6. The summed E-state index contributed by atoms with van der Waals surface area (Å²) in [5.74, 6) is 3.54. The second-order valence-electron chi connectivity index (χ2n) is 6.91. The van der Waals surface area contributed by atoms with Crippen LogP contribution >= 0.6 is 0 Å². The molecule has 124 valence electrons. The summed E-state index contributed by atoms with van der Waals surface area (Å²) in [6.45, 7) is 8.19. The molecule has 1 aliphatic heterocycles. The average Bonchev–Trinajstić information content (AvgIpc) is 2.95. The minimum atomic E-state index is 0.372. The molecule has 0 radical (unpaired) electrons. The third-order valence-electron chi connectivity index (χ3n) is 4.57. The highest BCUT2D eigenvalue weighted by molar-refractivity contribution is 5.75. The van der Waals surface area contributed by atoms with Crippen LogP contribution in [0.5, 0.6) is 0 Å². The second kappa shape index (κ2) is 5.85. The van der Waals surface area contributed by atoms with Gasteiger partial charge >= 0.3 is 0 Å². The molecule has 1 aliphatic rings. The fourth-order valence-corrected chi connectivity index (χ4v) is 3.57. The largest absolute Gasteiger partial charge is 0.346 e. The quantitative estimate of drug-likeness (QED) is 0.741. The molecule has 1 aromatic carbocycles. The van der Waals surface area contributed by atoms with Crippen LogP contribution in [0.15, 0.2) is 30.5 Å². The molecule has 0 spiro atoms. The van der Waals surface area contributed by atoms with Crippen molar-refractivity contribution >= 4 is 16.9 Å². The van der Waals surface area contributed by atoms with E-state index in [1.54, 1.807) is 0 Å². The van der Waals surface area contributed by atoms with E-state index in [4.69, 9.17) is 4.98 Å². The highest BCUT2D eigenvalue weighted by Crippen LogP contribution is 2.29. The third-order valence-corrected chi connectivity index (χ3v) is 4.57. The zero-order chi connectivity index (χ0) is 16.7. The first-order valence-corrected chi connectivity index (χ1v) is 8.49. The maximum atomic E-state index is 4.80. The van der Waals surface area contributed by atoms with Gasteiger partial charge in [-0.05, 0) is 31.4 Å². The van der Waals surface area contributed by atoms with Crippen LogP contribution < -0.4 is 4.90 Å². The molecule has 6 nitrogen and oxygen atoms in total. The maximum absolute atomic E-state index is 4.80. The van der Waals surface area contributed by atoms with Crippen molar-refractivity contribution in [3.8, 4) is 0 Å². The van der Waals surface area contributed by atoms with Gasteiger partial charge in [0, 0.05) is 6.54 Å². The highest BCUT2D eigenvalue weighted by atomic mass is 15.4. The van der Waals surface area contributed by atoms with E-state index in [0.29, 0.717) is 12.0 Å². The van der Waals surface area contributed by atoms with Crippen LogP contribution in [0.3, 0.4) is 0 Å². The van der Waals surface area contributed by atoms with Crippen molar-refractivity contribution in [2.75, 3.05) is 11.4 Å². The van der Waals surface area contributed by atoms with Crippen LogP contribution in [0, 0.1) is 12.8 Å². The van der Waals surface area contributed by atoms with Crippen molar-refractivity contribution in [3.05, 3.63) is 42.1 Å². The van der Waals surface area contributed by atoms with E-state index in [0.717, 1.165) is 48.0 Å². The Morgan fingerprint density at radius 3 is 2.75 bits per heavy atom. The maximum Gasteiger partial charge on any atom is 0.152 e. The van der Waals surface area contributed by atoms with E-state index in [1.807, 2.05) is 37.4 Å². The predicted molar refractivity (Wildman–Crippen MR) is 93.8 cm³/mol. The standard InChI is InChI=1S/C18H22N6/c1-12(2)8-14-10-23(11-18-22-21-13(3)24(14)18)17-9-19-15-6-4-5-7-16(15)20-17/h4-7,9,12,14H,8,10-11H2,1-3H3/t14-/m0/s1. The van der Waals surface area contributed by atoms with Crippen molar-refractivity contribution in [2.45, 2.75) is 39.8 Å². The van der Waals surface area contributed by atoms with Crippen LogP contribution in [0.1, 0.15) is 38.0 Å². The smallest absolute Gasteiger partial charge is 0.152 e. The van der Waals surface area contributed by atoms with Crippen molar-refractivity contribution in [1.29, 1.82) is 0 Å². The Hall–Kier alpha value is -2.50. The van der Waals surface area contributed by atoms with Gasteiger partial charge in [-0.25, -0.2) is 4.98 Å². The molecule has 0 fully saturated rings. The molecule has 2 aromatic heterocycles. The van der Waals surface area contributed by atoms with Crippen LogP contribution in [0.4, 0.5) is 5.82 Å². The lowest BCUT2D eigenvalue weighted by molar-refractivity contribution is 0.357. The van der Waals surface area contributed by atoms with E-state index in [9.17, 15) is 0 Å². The molecule has 0 unspecified atom stereocenters. The van der Waals surface area contributed by atoms with E-state index < -0.39 is 0 Å². The Kier molecular flexibility index (Phi) is 3.67. The molecule has 3 heterocycles. The number of rotatable bonds is 3. The zero-order valence-electron chi connectivity index (χ0n) is 14.3. The van der Waals surface area contributed by atoms with Crippen LogP contribution in [-0.2, 0) is 6.54 Å². The Labute approximate surface area is 141 Å². The van der Waals surface area contributed by atoms with Crippen molar-refractivity contribution in [3.63, 3.8) is 0 Å². The lowest BCUT2D eigenvalue weighted by atomic mass is 10.0. The second-order valence-corrected chi connectivity index (χ2v) is 6.91. The fourth-order valence-electron chi connectivity index (χ4n) is 3.57. The van der Waals surface area contributed by atoms with Gasteiger partial charge in [-0.3, -0.25) is 4.98 Å². The number of para-hydroxylation sites is 2. The van der Waals surface area contributed by atoms with Gasteiger partial charge in [0.25, 0.3) is 0 Å². The Morgan fingerprint density at radius 1 is 1.17 bits per heavy atom. The number of anilines is 1. The molecule has 24 heavy (non-hydrogen) atoms. The lowest BCUT2D eigenvalue weighted by Crippen LogP contribution is -2.39. The normalized spacial score (nSPS) is 17.5. The van der Waals surface area contributed by atoms with Gasteiger partial charge in [-0.15, -0.1) is 10.2 Å². The SMILES string of the molecule is Cc1nnc2n1[C@@H](CC(C)C)CN(c1cnc3ccccc3n1)C2. The number of fused-ring (bicyclic) bond motifs is 2.